The molecule has 2 aliphatic rings. The molecule has 1 atom stereocenters. The van der Waals surface area contributed by atoms with Crippen molar-refractivity contribution in [3.8, 4) is 11.1 Å². The van der Waals surface area contributed by atoms with Crippen molar-refractivity contribution in [2.75, 3.05) is 0 Å². The van der Waals surface area contributed by atoms with Crippen LogP contribution in [0.1, 0.15) is 39.5 Å². The number of amidine groups is 1. The van der Waals surface area contributed by atoms with E-state index in [0.717, 1.165) is 5.84 Å². The molecule has 52 heavy (non-hydrogen) atoms. The molecule has 244 valence electrons. The van der Waals surface area contributed by atoms with Gasteiger partial charge >= 0.3 is 0 Å². The minimum Gasteiger partial charge on any atom is -0.229 e. The Morgan fingerprint density at radius 3 is 1.88 bits per heavy atom. The first-order valence-corrected chi connectivity index (χ1v) is 18.8. The van der Waals surface area contributed by atoms with Crippen molar-refractivity contribution in [3.05, 3.63) is 221 Å². The highest BCUT2D eigenvalue weighted by atomic mass is 32.1. The Bertz CT molecular complexity index is 2830. The van der Waals surface area contributed by atoms with Crippen LogP contribution in [0.5, 0.6) is 0 Å². The van der Waals surface area contributed by atoms with Crippen molar-refractivity contribution >= 4 is 53.8 Å². The molecule has 9 aromatic rings. The third kappa shape index (κ3) is 4.08. The van der Waals surface area contributed by atoms with E-state index in [1.54, 1.807) is 0 Å². The maximum absolute atomic E-state index is 3.97. The number of nitrogens with zero attached hydrogens (tertiary/aromatic N) is 1. The Labute approximate surface area is 306 Å². The average Bonchev–Trinajstić information content (AvgIpc) is 3.72. The molecule has 0 saturated carbocycles. The number of thiophene rings is 1. The maximum atomic E-state index is 3.97. The van der Waals surface area contributed by atoms with Crippen LogP contribution < -0.4 is 5.32 Å². The molecule has 2 heterocycles. The van der Waals surface area contributed by atoms with E-state index in [4.69, 9.17) is 0 Å². The summed E-state index contributed by atoms with van der Waals surface area (Å²) >= 11 is 1.87. The lowest BCUT2D eigenvalue weighted by atomic mass is 9.67. The van der Waals surface area contributed by atoms with Crippen molar-refractivity contribution in [1.29, 1.82) is 0 Å². The van der Waals surface area contributed by atoms with E-state index >= 15 is 0 Å². The van der Waals surface area contributed by atoms with Gasteiger partial charge in [-0.2, -0.15) is 4.58 Å². The highest BCUT2D eigenvalue weighted by Gasteiger charge is 2.50. The fourth-order valence-electron chi connectivity index (χ4n) is 9.02. The van der Waals surface area contributed by atoms with Crippen molar-refractivity contribution in [1.82, 2.24) is 5.32 Å². The van der Waals surface area contributed by atoms with Gasteiger partial charge in [-0.25, -0.2) is 5.32 Å². The smallest absolute Gasteiger partial charge is 0.229 e. The summed E-state index contributed by atoms with van der Waals surface area (Å²) in [6.45, 7) is 0. The predicted octanol–water partition coefficient (Wildman–Crippen LogP) is 12.0. The zero-order valence-electron chi connectivity index (χ0n) is 28.3. The summed E-state index contributed by atoms with van der Waals surface area (Å²) in [5.41, 5.74) is 10.9. The highest BCUT2D eigenvalue weighted by Crippen LogP contribution is 2.60. The largest absolute Gasteiger partial charge is 0.289 e. The number of rotatable bonds is 5. The van der Waals surface area contributed by atoms with Crippen LogP contribution in [-0.4, -0.2) is 10.4 Å². The van der Waals surface area contributed by atoms with E-state index in [-0.39, 0.29) is 6.17 Å². The Kier molecular flexibility index (Phi) is 6.43. The van der Waals surface area contributed by atoms with Crippen LogP contribution in [0.3, 0.4) is 0 Å². The zero-order chi connectivity index (χ0) is 34.2. The van der Waals surface area contributed by atoms with Gasteiger partial charge in [0.05, 0.1) is 11.0 Å². The lowest BCUT2D eigenvalue weighted by molar-refractivity contribution is -0.529. The number of hydrogen-bond acceptors (Lipinski definition) is 2. The molecule has 0 radical (unpaired) electrons. The summed E-state index contributed by atoms with van der Waals surface area (Å²) in [7, 11) is 0. The molecule has 1 unspecified atom stereocenters. The molecule has 1 N–H and O–H groups in total. The lowest BCUT2D eigenvalue weighted by Gasteiger charge is -2.35. The predicted molar refractivity (Wildman–Crippen MR) is 217 cm³/mol. The van der Waals surface area contributed by atoms with E-state index in [1.807, 2.05) is 11.3 Å². The number of fused-ring (bicyclic) bond motifs is 7. The normalized spacial score (nSPS) is 15.7. The summed E-state index contributed by atoms with van der Waals surface area (Å²) in [4.78, 5) is 0. The molecule has 11 rings (SSSR count). The SMILES string of the molecule is c1ccc(C2NC(c3ccc4c(c3)sc3ccccc34)=[N+]2c2c3c(cc4ccccc24)C(c2ccccc2)(c2ccccc2)c2ccccc2-3)cc1. The second-order valence-corrected chi connectivity index (χ2v) is 15.0. The Morgan fingerprint density at radius 1 is 0.500 bits per heavy atom. The van der Waals surface area contributed by atoms with Crippen LogP contribution in [0.2, 0.25) is 0 Å². The van der Waals surface area contributed by atoms with Crippen LogP contribution in [-0.2, 0) is 5.41 Å². The standard InChI is InChI=1S/C49H32N2S/c1-4-16-32(17-5-1)47-50-48(34-28-29-39-38-24-13-15-27-43(38)52-44(39)31-34)51(47)46-37-23-11-10-18-33(37)30-42-45(46)40-25-12-14-26-41(40)49(42,35-19-6-2-7-20-35)36-21-8-3-9-22-36/h1-31,47H/p+1. The van der Waals surface area contributed by atoms with Gasteiger partial charge in [-0.15, -0.1) is 11.3 Å². The summed E-state index contributed by atoms with van der Waals surface area (Å²) in [6.07, 6.45) is -0.0418. The monoisotopic (exact) mass is 681 g/mol. The maximum Gasteiger partial charge on any atom is 0.289 e. The fourth-order valence-corrected chi connectivity index (χ4v) is 10.2. The summed E-state index contributed by atoms with van der Waals surface area (Å²) in [5.74, 6) is 1.13. The van der Waals surface area contributed by atoms with E-state index in [1.165, 1.54) is 81.1 Å². The molecule has 2 nitrogen and oxygen atoms in total. The average molecular weight is 682 g/mol. The molecule has 0 spiro atoms. The van der Waals surface area contributed by atoms with E-state index in [0.29, 0.717) is 0 Å². The van der Waals surface area contributed by atoms with Crippen molar-refractivity contribution in [2.45, 2.75) is 11.6 Å². The minimum atomic E-state index is -0.496. The molecule has 0 bridgehead atoms. The second-order valence-electron chi connectivity index (χ2n) is 13.9. The second kappa shape index (κ2) is 11.4. The van der Waals surface area contributed by atoms with E-state index in [2.05, 4.69) is 198 Å². The molecule has 0 saturated heterocycles. The third-order valence-electron chi connectivity index (χ3n) is 11.2. The zero-order valence-corrected chi connectivity index (χ0v) is 29.1. The molecule has 1 aliphatic carbocycles. The number of benzene rings is 8. The highest BCUT2D eigenvalue weighted by molar-refractivity contribution is 7.25. The number of nitrogens with one attached hydrogen (secondary N) is 1. The van der Waals surface area contributed by atoms with Gasteiger partial charge in [-0.1, -0.05) is 164 Å². The van der Waals surface area contributed by atoms with Gasteiger partial charge in [-0.05, 0) is 57.5 Å². The molecule has 3 heteroatoms. The van der Waals surface area contributed by atoms with Crippen molar-refractivity contribution < 1.29 is 4.58 Å². The molecule has 1 aromatic heterocycles. The summed E-state index contributed by atoms with van der Waals surface area (Å²) < 4.78 is 5.21. The van der Waals surface area contributed by atoms with Gasteiger partial charge in [-0.3, -0.25) is 0 Å². The Balaban J connectivity index is 1.28. The first kappa shape index (κ1) is 29.4. The first-order chi connectivity index (χ1) is 25.8. The Hall–Kier alpha value is -6.29. The summed E-state index contributed by atoms with van der Waals surface area (Å²) in [5, 5.41) is 9.08. The minimum absolute atomic E-state index is 0.0418. The first-order valence-electron chi connectivity index (χ1n) is 18.0. The quantitative estimate of drug-likeness (QED) is 0.179. The van der Waals surface area contributed by atoms with Gasteiger partial charge in [0, 0.05) is 36.7 Å². The van der Waals surface area contributed by atoms with Crippen LogP contribution in [0.4, 0.5) is 5.69 Å². The Morgan fingerprint density at radius 2 is 1.12 bits per heavy atom. The molecular weight excluding hydrogens is 649 g/mol. The van der Waals surface area contributed by atoms with Gasteiger partial charge in [0.2, 0.25) is 0 Å². The van der Waals surface area contributed by atoms with Gasteiger partial charge in [0.25, 0.3) is 12.0 Å². The van der Waals surface area contributed by atoms with Gasteiger partial charge in [0.15, 0.2) is 0 Å². The van der Waals surface area contributed by atoms with Crippen molar-refractivity contribution in [3.63, 3.8) is 0 Å². The summed E-state index contributed by atoms with van der Waals surface area (Å²) in [6, 6.07) is 69.4. The third-order valence-corrected chi connectivity index (χ3v) is 12.4. The fraction of sp³-hybridized carbons (Fsp3) is 0.0408. The van der Waals surface area contributed by atoms with E-state index < -0.39 is 5.41 Å². The molecule has 8 aromatic carbocycles. The molecular formula is C49H33N2S+. The van der Waals surface area contributed by atoms with Crippen LogP contribution >= 0.6 is 11.3 Å². The topological polar surface area (TPSA) is 15.0 Å². The van der Waals surface area contributed by atoms with Crippen molar-refractivity contribution in [2.24, 2.45) is 0 Å². The molecule has 0 amide bonds. The van der Waals surface area contributed by atoms with Gasteiger partial charge < -0.3 is 0 Å². The molecule has 0 fully saturated rings. The molecule has 1 aliphatic heterocycles. The van der Waals surface area contributed by atoms with E-state index in [9.17, 15) is 0 Å². The van der Waals surface area contributed by atoms with Crippen LogP contribution in [0.25, 0.3) is 42.1 Å². The van der Waals surface area contributed by atoms with Crippen LogP contribution in [0, 0.1) is 0 Å². The lowest BCUT2D eigenvalue weighted by Crippen LogP contribution is -2.51. The van der Waals surface area contributed by atoms with Crippen LogP contribution in [0.15, 0.2) is 188 Å². The number of hydrogen-bond donors (Lipinski definition) is 1. The van der Waals surface area contributed by atoms with Gasteiger partial charge in [0.1, 0.15) is 5.69 Å².